The molecule has 1 aliphatic heterocycles. The Labute approximate surface area is 137 Å². The maximum atomic E-state index is 12.5. The number of aromatic nitrogens is 2. The highest BCUT2D eigenvalue weighted by Crippen LogP contribution is 2.15. The zero-order valence-corrected chi connectivity index (χ0v) is 14.8. The highest BCUT2D eigenvalue weighted by atomic mass is 32.2. The quantitative estimate of drug-likeness (QED) is 0.827. The molecule has 0 aromatic carbocycles. The van der Waals surface area contributed by atoms with Crippen LogP contribution >= 0.6 is 0 Å². The Balaban J connectivity index is 2.05. The molecule has 23 heavy (non-hydrogen) atoms. The Morgan fingerprint density at radius 2 is 2.00 bits per heavy atom. The Morgan fingerprint density at radius 1 is 1.35 bits per heavy atom. The van der Waals surface area contributed by atoms with Crippen LogP contribution < -0.4 is 15.2 Å². The Morgan fingerprint density at radius 3 is 2.57 bits per heavy atom. The molecule has 1 aromatic rings. The molecular weight excluding hydrogens is 316 g/mol. The molecule has 0 bridgehead atoms. The van der Waals surface area contributed by atoms with Gasteiger partial charge in [0.1, 0.15) is 0 Å². The SMILES string of the molecule is CCS(=O)(=O)NC1CCN(c2nccn(CC(C)C)c2=O)CC1. The lowest BCUT2D eigenvalue weighted by molar-refractivity contribution is 0.455. The summed E-state index contributed by atoms with van der Waals surface area (Å²) in [5.74, 6) is 0.940. The van der Waals surface area contributed by atoms with Gasteiger partial charge in [-0.25, -0.2) is 18.1 Å². The van der Waals surface area contributed by atoms with Gasteiger partial charge in [-0.05, 0) is 25.7 Å². The van der Waals surface area contributed by atoms with Crippen LogP contribution in [0.15, 0.2) is 17.2 Å². The molecule has 0 amide bonds. The Bertz CT molecular complexity index is 676. The predicted octanol–water partition coefficient (Wildman–Crippen LogP) is 0.807. The highest BCUT2D eigenvalue weighted by molar-refractivity contribution is 7.89. The van der Waals surface area contributed by atoms with E-state index in [1.165, 1.54) is 0 Å². The van der Waals surface area contributed by atoms with Gasteiger partial charge in [-0.1, -0.05) is 13.8 Å². The van der Waals surface area contributed by atoms with E-state index in [0.717, 1.165) is 0 Å². The molecule has 0 spiro atoms. The summed E-state index contributed by atoms with van der Waals surface area (Å²) in [5.41, 5.74) is -0.0752. The fourth-order valence-electron chi connectivity index (χ4n) is 2.74. The first-order valence-corrected chi connectivity index (χ1v) is 9.78. The number of nitrogens with one attached hydrogen (secondary N) is 1. The van der Waals surface area contributed by atoms with Crippen LogP contribution in [0.1, 0.15) is 33.6 Å². The van der Waals surface area contributed by atoms with Gasteiger partial charge < -0.3 is 9.47 Å². The van der Waals surface area contributed by atoms with Gasteiger partial charge in [0.25, 0.3) is 5.56 Å². The van der Waals surface area contributed by atoms with Crippen LogP contribution in [0.3, 0.4) is 0 Å². The first kappa shape index (κ1) is 17.9. The molecule has 0 radical (unpaired) electrons. The third kappa shape index (κ3) is 4.78. The molecule has 8 heteroatoms. The van der Waals surface area contributed by atoms with Gasteiger partial charge in [0.2, 0.25) is 10.0 Å². The number of sulfonamides is 1. The van der Waals surface area contributed by atoms with Crippen molar-refractivity contribution >= 4 is 15.8 Å². The molecule has 0 unspecified atom stereocenters. The largest absolute Gasteiger partial charge is 0.352 e. The van der Waals surface area contributed by atoms with E-state index in [1.54, 1.807) is 23.9 Å². The van der Waals surface area contributed by atoms with Crippen molar-refractivity contribution in [1.82, 2.24) is 14.3 Å². The lowest BCUT2D eigenvalue weighted by Crippen LogP contribution is -2.46. The van der Waals surface area contributed by atoms with E-state index in [9.17, 15) is 13.2 Å². The van der Waals surface area contributed by atoms with Crippen LogP contribution in [0.4, 0.5) is 5.82 Å². The minimum Gasteiger partial charge on any atom is -0.352 e. The molecule has 1 saturated heterocycles. The molecule has 0 aliphatic carbocycles. The van der Waals surface area contributed by atoms with Crippen LogP contribution in [0, 0.1) is 5.92 Å². The molecule has 0 saturated carbocycles. The summed E-state index contributed by atoms with van der Waals surface area (Å²) in [6, 6.07) is -0.0576. The van der Waals surface area contributed by atoms with Crippen molar-refractivity contribution in [3.63, 3.8) is 0 Å². The first-order valence-electron chi connectivity index (χ1n) is 8.12. The van der Waals surface area contributed by atoms with Crippen molar-refractivity contribution in [3.8, 4) is 0 Å². The maximum absolute atomic E-state index is 12.5. The van der Waals surface area contributed by atoms with Crippen molar-refractivity contribution in [2.45, 2.75) is 46.2 Å². The lowest BCUT2D eigenvalue weighted by Gasteiger charge is -2.32. The minimum absolute atomic E-state index is 0.0576. The van der Waals surface area contributed by atoms with E-state index in [0.29, 0.717) is 44.2 Å². The Kier molecular flexibility index (Phi) is 5.80. The number of hydrogen-bond acceptors (Lipinski definition) is 5. The van der Waals surface area contributed by atoms with Gasteiger partial charge in [-0.15, -0.1) is 0 Å². The van der Waals surface area contributed by atoms with Crippen LogP contribution in [-0.2, 0) is 16.6 Å². The van der Waals surface area contributed by atoms with Crippen molar-refractivity contribution in [2.24, 2.45) is 5.92 Å². The van der Waals surface area contributed by atoms with Gasteiger partial charge in [-0.3, -0.25) is 4.79 Å². The molecule has 2 heterocycles. The first-order chi connectivity index (χ1) is 10.8. The summed E-state index contributed by atoms with van der Waals surface area (Å²) in [5, 5.41) is 0. The molecule has 1 N–H and O–H groups in total. The second-order valence-electron chi connectivity index (χ2n) is 6.38. The normalized spacial score (nSPS) is 17.0. The van der Waals surface area contributed by atoms with E-state index >= 15 is 0 Å². The molecule has 2 rings (SSSR count). The van der Waals surface area contributed by atoms with Crippen molar-refractivity contribution < 1.29 is 8.42 Å². The third-order valence-corrected chi connectivity index (χ3v) is 5.43. The summed E-state index contributed by atoms with van der Waals surface area (Å²) in [6.07, 6.45) is 4.73. The van der Waals surface area contributed by atoms with E-state index in [4.69, 9.17) is 0 Å². The van der Waals surface area contributed by atoms with E-state index in [1.807, 2.05) is 4.90 Å². The van der Waals surface area contributed by atoms with Gasteiger partial charge in [0.15, 0.2) is 5.82 Å². The number of nitrogens with zero attached hydrogens (tertiary/aromatic N) is 3. The van der Waals surface area contributed by atoms with Gasteiger partial charge in [0.05, 0.1) is 5.75 Å². The van der Waals surface area contributed by atoms with Crippen LogP contribution in [0.25, 0.3) is 0 Å². The van der Waals surface area contributed by atoms with Crippen LogP contribution in [0.5, 0.6) is 0 Å². The molecule has 1 aromatic heterocycles. The smallest absolute Gasteiger partial charge is 0.293 e. The van der Waals surface area contributed by atoms with Crippen LogP contribution in [0.2, 0.25) is 0 Å². The summed E-state index contributed by atoms with van der Waals surface area (Å²) in [6.45, 7) is 7.69. The summed E-state index contributed by atoms with van der Waals surface area (Å²) in [7, 11) is -3.18. The number of rotatable bonds is 6. The van der Waals surface area contributed by atoms with Crippen molar-refractivity contribution in [3.05, 3.63) is 22.7 Å². The fourth-order valence-corrected chi connectivity index (χ4v) is 3.65. The number of piperidine rings is 1. The average Bonchev–Trinajstić information content (AvgIpc) is 2.50. The van der Waals surface area contributed by atoms with Crippen LogP contribution in [-0.4, -0.2) is 42.9 Å². The molecule has 1 aliphatic rings. The maximum Gasteiger partial charge on any atom is 0.293 e. The van der Waals surface area contributed by atoms with E-state index in [-0.39, 0.29) is 17.4 Å². The molecule has 1 fully saturated rings. The summed E-state index contributed by atoms with van der Waals surface area (Å²) in [4.78, 5) is 18.7. The van der Waals surface area contributed by atoms with Gasteiger partial charge >= 0.3 is 0 Å². The topological polar surface area (TPSA) is 84.3 Å². The summed E-state index contributed by atoms with van der Waals surface area (Å²) < 4.78 is 27.7. The highest BCUT2D eigenvalue weighted by Gasteiger charge is 2.25. The second kappa shape index (κ2) is 7.44. The van der Waals surface area contributed by atoms with Gasteiger partial charge in [0, 0.05) is 38.1 Å². The summed E-state index contributed by atoms with van der Waals surface area (Å²) >= 11 is 0. The lowest BCUT2D eigenvalue weighted by atomic mass is 10.1. The van der Waals surface area contributed by atoms with E-state index in [2.05, 4.69) is 23.6 Å². The molecular formula is C15H26N4O3S. The standard InChI is InChI=1S/C15H26N4O3S/c1-4-23(21,22)17-13-5-8-18(9-6-13)14-15(20)19(10-7-16-14)11-12(2)3/h7,10,12-13,17H,4-6,8-9,11H2,1-3H3. The fraction of sp³-hybridized carbons (Fsp3) is 0.733. The zero-order chi connectivity index (χ0) is 17.0. The predicted molar refractivity (Wildman–Crippen MR) is 91.2 cm³/mol. The molecule has 130 valence electrons. The minimum atomic E-state index is -3.18. The molecule has 7 nitrogen and oxygen atoms in total. The van der Waals surface area contributed by atoms with Crippen molar-refractivity contribution in [2.75, 3.05) is 23.7 Å². The zero-order valence-electron chi connectivity index (χ0n) is 14.0. The molecule has 0 atom stereocenters. The van der Waals surface area contributed by atoms with E-state index < -0.39 is 10.0 Å². The van der Waals surface area contributed by atoms with Crippen molar-refractivity contribution in [1.29, 1.82) is 0 Å². The third-order valence-electron chi connectivity index (χ3n) is 3.98. The van der Waals surface area contributed by atoms with Gasteiger partial charge in [-0.2, -0.15) is 0 Å². The Hall–Kier alpha value is -1.41. The number of anilines is 1. The number of hydrogen-bond donors (Lipinski definition) is 1. The average molecular weight is 342 g/mol. The monoisotopic (exact) mass is 342 g/mol. The second-order valence-corrected chi connectivity index (χ2v) is 8.43.